The molecule has 2 aromatic rings. The maximum Gasteiger partial charge on any atom is 0.338 e. The van der Waals surface area contributed by atoms with Crippen LogP contribution in [0.25, 0.3) is 0 Å². The van der Waals surface area contributed by atoms with E-state index in [9.17, 15) is 9.18 Å². The van der Waals surface area contributed by atoms with Crippen molar-refractivity contribution >= 4 is 29.3 Å². The van der Waals surface area contributed by atoms with Crippen LogP contribution in [0, 0.1) is 17.1 Å². The Bertz CT molecular complexity index is 728. The predicted octanol–water partition coefficient (Wildman–Crippen LogP) is 4.20. The summed E-state index contributed by atoms with van der Waals surface area (Å²) in [4.78, 5) is 12.0. The molecule has 0 aliphatic rings. The van der Waals surface area contributed by atoms with E-state index in [0.717, 1.165) is 6.07 Å². The van der Waals surface area contributed by atoms with E-state index in [1.165, 1.54) is 30.0 Å². The maximum absolute atomic E-state index is 13.3. The van der Waals surface area contributed by atoms with E-state index in [1.807, 2.05) is 6.07 Å². The van der Waals surface area contributed by atoms with Crippen LogP contribution < -0.4 is 0 Å². The topological polar surface area (TPSA) is 61.1 Å². The monoisotopic (exact) mass is 307 g/mol. The average Bonchev–Trinajstić information content (AvgIpc) is 2.42. The molecule has 0 aliphatic heterocycles. The standard InChI is InChI=1S/C14H7ClFNO2S/c15-9-1-4-13(8(5-9)7-17)20-10-2-3-12(16)11(6-10)14(18)19/h1-6H,(H,18,19). The molecule has 0 heterocycles. The second-order valence-corrected chi connectivity index (χ2v) is 5.35. The van der Waals surface area contributed by atoms with Crippen molar-refractivity contribution in [2.24, 2.45) is 0 Å². The van der Waals surface area contributed by atoms with Crippen LogP contribution in [-0.2, 0) is 0 Å². The first kappa shape index (κ1) is 14.4. The molecule has 2 aromatic carbocycles. The number of aromatic carboxylic acids is 1. The molecule has 0 saturated carbocycles. The largest absolute Gasteiger partial charge is 0.478 e. The number of nitrogens with zero attached hydrogens (tertiary/aromatic N) is 1. The van der Waals surface area contributed by atoms with E-state index in [-0.39, 0.29) is 0 Å². The van der Waals surface area contributed by atoms with Crippen LogP contribution in [0.2, 0.25) is 5.02 Å². The number of benzene rings is 2. The molecule has 0 atom stereocenters. The lowest BCUT2D eigenvalue weighted by molar-refractivity contribution is 0.0691. The van der Waals surface area contributed by atoms with Gasteiger partial charge >= 0.3 is 5.97 Å². The van der Waals surface area contributed by atoms with Crippen molar-refractivity contribution in [3.63, 3.8) is 0 Å². The Kier molecular flexibility index (Phi) is 4.28. The van der Waals surface area contributed by atoms with Gasteiger partial charge in [-0.2, -0.15) is 5.26 Å². The van der Waals surface area contributed by atoms with E-state index in [4.69, 9.17) is 22.0 Å². The van der Waals surface area contributed by atoms with Crippen LogP contribution >= 0.6 is 23.4 Å². The molecule has 6 heteroatoms. The molecule has 100 valence electrons. The Balaban J connectivity index is 2.38. The van der Waals surface area contributed by atoms with Crippen molar-refractivity contribution in [3.8, 4) is 6.07 Å². The fraction of sp³-hybridized carbons (Fsp3) is 0. The van der Waals surface area contributed by atoms with Gasteiger partial charge in [-0.05, 0) is 36.4 Å². The molecule has 0 aromatic heterocycles. The molecular formula is C14H7ClFNO2S. The number of nitriles is 1. The lowest BCUT2D eigenvalue weighted by atomic mass is 10.2. The van der Waals surface area contributed by atoms with Crippen LogP contribution in [0.15, 0.2) is 46.2 Å². The first-order valence-electron chi connectivity index (χ1n) is 5.41. The highest BCUT2D eigenvalue weighted by atomic mass is 35.5. The van der Waals surface area contributed by atoms with E-state index in [2.05, 4.69) is 0 Å². The van der Waals surface area contributed by atoms with E-state index in [0.29, 0.717) is 20.4 Å². The predicted molar refractivity (Wildman–Crippen MR) is 73.6 cm³/mol. The van der Waals surface area contributed by atoms with Gasteiger partial charge in [0.1, 0.15) is 11.9 Å². The van der Waals surface area contributed by atoms with Crippen molar-refractivity contribution in [2.45, 2.75) is 9.79 Å². The maximum atomic E-state index is 13.3. The summed E-state index contributed by atoms with van der Waals surface area (Å²) in [5, 5.41) is 18.3. The smallest absolute Gasteiger partial charge is 0.338 e. The Morgan fingerprint density at radius 2 is 2.05 bits per heavy atom. The summed E-state index contributed by atoms with van der Waals surface area (Å²) in [5.74, 6) is -2.12. The summed E-state index contributed by atoms with van der Waals surface area (Å²) in [5.41, 5.74) is -0.0221. The van der Waals surface area contributed by atoms with Gasteiger partial charge in [0.25, 0.3) is 0 Å². The molecular weight excluding hydrogens is 301 g/mol. The molecule has 0 saturated heterocycles. The van der Waals surface area contributed by atoms with Crippen LogP contribution in [-0.4, -0.2) is 11.1 Å². The Morgan fingerprint density at radius 3 is 2.70 bits per heavy atom. The number of carboxylic acids is 1. The van der Waals surface area contributed by atoms with Gasteiger partial charge in [0.2, 0.25) is 0 Å². The SMILES string of the molecule is N#Cc1cc(Cl)ccc1Sc1ccc(F)c(C(=O)O)c1. The Morgan fingerprint density at radius 1 is 1.30 bits per heavy atom. The van der Waals surface area contributed by atoms with Crippen LogP contribution in [0.1, 0.15) is 15.9 Å². The first-order valence-corrected chi connectivity index (χ1v) is 6.61. The van der Waals surface area contributed by atoms with Crippen LogP contribution in [0.3, 0.4) is 0 Å². The molecule has 0 fully saturated rings. The highest BCUT2D eigenvalue weighted by molar-refractivity contribution is 7.99. The third-order valence-corrected chi connectivity index (χ3v) is 3.76. The molecule has 0 unspecified atom stereocenters. The zero-order chi connectivity index (χ0) is 14.7. The highest BCUT2D eigenvalue weighted by Gasteiger charge is 2.12. The molecule has 2 rings (SSSR count). The number of halogens is 2. The average molecular weight is 308 g/mol. The summed E-state index contributed by atoms with van der Waals surface area (Å²) in [6, 6.07) is 10.6. The number of carbonyl (C=O) groups is 1. The molecule has 0 radical (unpaired) electrons. The minimum atomic E-state index is -1.33. The summed E-state index contributed by atoms with van der Waals surface area (Å²) < 4.78 is 13.3. The van der Waals surface area contributed by atoms with E-state index >= 15 is 0 Å². The number of carboxylic acid groups (broad SMARTS) is 1. The zero-order valence-electron chi connectivity index (χ0n) is 9.93. The minimum Gasteiger partial charge on any atom is -0.478 e. The molecule has 0 spiro atoms. The number of hydrogen-bond donors (Lipinski definition) is 1. The van der Waals surface area contributed by atoms with Gasteiger partial charge in [0.05, 0.1) is 11.1 Å². The van der Waals surface area contributed by atoms with Crippen molar-refractivity contribution in [1.29, 1.82) is 5.26 Å². The molecule has 0 amide bonds. The lowest BCUT2D eigenvalue weighted by Crippen LogP contribution is -2.00. The summed E-state index contributed by atoms with van der Waals surface area (Å²) in [7, 11) is 0. The zero-order valence-corrected chi connectivity index (χ0v) is 11.5. The Hall–Kier alpha value is -2.03. The second kappa shape index (κ2) is 5.95. The molecule has 20 heavy (non-hydrogen) atoms. The van der Waals surface area contributed by atoms with E-state index in [1.54, 1.807) is 12.1 Å². The summed E-state index contributed by atoms with van der Waals surface area (Å²) in [6.07, 6.45) is 0. The molecule has 3 nitrogen and oxygen atoms in total. The fourth-order valence-corrected chi connectivity index (χ4v) is 2.63. The quantitative estimate of drug-likeness (QED) is 0.923. The second-order valence-electron chi connectivity index (χ2n) is 3.80. The minimum absolute atomic E-state index is 0.378. The van der Waals surface area contributed by atoms with Crippen molar-refractivity contribution in [2.75, 3.05) is 0 Å². The van der Waals surface area contributed by atoms with Crippen LogP contribution in [0.4, 0.5) is 4.39 Å². The van der Waals surface area contributed by atoms with Gasteiger partial charge in [-0.15, -0.1) is 0 Å². The van der Waals surface area contributed by atoms with Gasteiger partial charge in [-0.25, -0.2) is 9.18 Å². The van der Waals surface area contributed by atoms with Gasteiger partial charge in [0.15, 0.2) is 0 Å². The summed E-state index contributed by atoms with van der Waals surface area (Å²) >= 11 is 6.98. The lowest BCUT2D eigenvalue weighted by Gasteiger charge is -2.06. The van der Waals surface area contributed by atoms with Gasteiger partial charge in [-0.3, -0.25) is 0 Å². The first-order chi connectivity index (χ1) is 9.51. The van der Waals surface area contributed by atoms with Gasteiger partial charge in [-0.1, -0.05) is 23.4 Å². The normalized spacial score (nSPS) is 10.1. The van der Waals surface area contributed by atoms with Gasteiger partial charge in [0, 0.05) is 14.8 Å². The third-order valence-electron chi connectivity index (χ3n) is 2.46. The van der Waals surface area contributed by atoms with E-state index < -0.39 is 17.3 Å². The number of rotatable bonds is 3. The van der Waals surface area contributed by atoms with Crippen molar-refractivity contribution < 1.29 is 14.3 Å². The third kappa shape index (κ3) is 3.10. The Labute approximate surface area is 123 Å². The number of hydrogen-bond acceptors (Lipinski definition) is 3. The van der Waals surface area contributed by atoms with Gasteiger partial charge < -0.3 is 5.11 Å². The van der Waals surface area contributed by atoms with Crippen molar-refractivity contribution in [3.05, 3.63) is 58.4 Å². The molecule has 1 N–H and O–H groups in total. The fourth-order valence-electron chi connectivity index (χ4n) is 1.54. The summed E-state index contributed by atoms with van der Waals surface area (Å²) in [6.45, 7) is 0. The highest BCUT2D eigenvalue weighted by Crippen LogP contribution is 2.32. The van der Waals surface area contributed by atoms with Crippen molar-refractivity contribution in [1.82, 2.24) is 0 Å². The van der Waals surface area contributed by atoms with Crippen LogP contribution in [0.5, 0.6) is 0 Å². The molecule has 0 aliphatic carbocycles. The molecule has 0 bridgehead atoms.